The Hall–Kier alpha value is -1.58. The van der Waals surface area contributed by atoms with Crippen LogP contribution in [0.15, 0.2) is 18.2 Å². The van der Waals surface area contributed by atoms with Gasteiger partial charge in [0, 0.05) is 5.54 Å². The molecule has 2 N–H and O–H groups in total. The SMILES string of the molecule is CCC1(Nc2cccc(F)c2C(=O)O)CCC1. The van der Waals surface area contributed by atoms with Crippen LogP contribution in [0.5, 0.6) is 0 Å². The lowest BCUT2D eigenvalue weighted by molar-refractivity contribution is 0.0692. The van der Waals surface area contributed by atoms with Crippen LogP contribution < -0.4 is 5.32 Å². The Labute approximate surface area is 99.7 Å². The molecule has 1 aromatic rings. The Bertz CT molecular complexity index is 436. The van der Waals surface area contributed by atoms with Gasteiger partial charge in [-0.25, -0.2) is 9.18 Å². The third kappa shape index (κ3) is 2.12. The van der Waals surface area contributed by atoms with Crippen molar-refractivity contribution < 1.29 is 14.3 Å². The highest BCUT2D eigenvalue weighted by atomic mass is 19.1. The molecular weight excluding hydrogens is 221 g/mol. The summed E-state index contributed by atoms with van der Waals surface area (Å²) in [6.07, 6.45) is 4.08. The van der Waals surface area contributed by atoms with E-state index in [2.05, 4.69) is 12.2 Å². The summed E-state index contributed by atoms with van der Waals surface area (Å²) in [6.45, 7) is 2.06. The normalized spacial score (nSPS) is 17.3. The first-order valence-electron chi connectivity index (χ1n) is 5.88. The van der Waals surface area contributed by atoms with E-state index in [0.717, 1.165) is 25.7 Å². The second-order valence-corrected chi connectivity index (χ2v) is 4.58. The average Bonchev–Trinajstić information content (AvgIpc) is 2.23. The number of carboxylic acids is 1. The summed E-state index contributed by atoms with van der Waals surface area (Å²) >= 11 is 0. The molecule has 4 heteroatoms. The molecular formula is C13H16FNO2. The first kappa shape index (κ1) is 11.9. The molecule has 0 heterocycles. The Kier molecular flexibility index (Phi) is 3.05. The minimum Gasteiger partial charge on any atom is -0.478 e. The maximum Gasteiger partial charge on any atom is 0.340 e. The van der Waals surface area contributed by atoms with E-state index in [-0.39, 0.29) is 11.1 Å². The highest BCUT2D eigenvalue weighted by Crippen LogP contribution is 2.38. The van der Waals surface area contributed by atoms with Gasteiger partial charge in [-0.1, -0.05) is 13.0 Å². The molecule has 1 aliphatic rings. The fourth-order valence-electron chi connectivity index (χ4n) is 2.30. The quantitative estimate of drug-likeness (QED) is 0.845. The zero-order valence-corrected chi connectivity index (χ0v) is 9.79. The summed E-state index contributed by atoms with van der Waals surface area (Å²) in [5.74, 6) is -1.91. The lowest BCUT2D eigenvalue weighted by Gasteiger charge is -2.43. The van der Waals surface area contributed by atoms with Crippen LogP contribution >= 0.6 is 0 Å². The van der Waals surface area contributed by atoms with Crippen LogP contribution in [0.2, 0.25) is 0 Å². The topological polar surface area (TPSA) is 49.3 Å². The minimum atomic E-state index is -1.23. The largest absolute Gasteiger partial charge is 0.478 e. The van der Waals surface area contributed by atoms with Gasteiger partial charge in [-0.2, -0.15) is 0 Å². The molecule has 1 saturated carbocycles. The van der Waals surface area contributed by atoms with E-state index in [0.29, 0.717) is 5.69 Å². The summed E-state index contributed by atoms with van der Waals surface area (Å²) in [5, 5.41) is 12.2. The molecule has 92 valence electrons. The van der Waals surface area contributed by atoms with Gasteiger partial charge in [0.25, 0.3) is 0 Å². The van der Waals surface area contributed by atoms with Crippen molar-refractivity contribution in [1.29, 1.82) is 0 Å². The maximum atomic E-state index is 13.5. The van der Waals surface area contributed by atoms with Crippen molar-refractivity contribution >= 4 is 11.7 Å². The molecule has 17 heavy (non-hydrogen) atoms. The van der Waals surface area contributed by atoms with Gasteiger partial charge in [0.05, 0.1) is 5.69 Å². The number of anilines is 1. The summed E-state index contributed by atoms with van der Waals surface area (Å²) < 4.78 is 13.5. The fourth-order valence-corrected chi connectivity index (χ4v) is 2.30. The summed E-state index contributed by atoms with van der Waals surface area (Å²) in [4.78, 5) is 11.0. The van der Waals surface area contributed by atoms with Crippen LogP contribution in [0.3, 0.4) is 0 Å². The molecule has 0 amide bonds. The standard InChI is InChI=1S/C13H16FNO2/c1-2-13(7-4-8-13)15-10-6-3-5-9(14)11(10)12(16)17/h3,5-6,15H,2,4,7-8H2,1H3,(H,16,17). The van der Waals surface area contributed by atoms with Gasteiger partial charge in [0.2, 0.25) is 0 Å². The Balaban J connectivity index is 2.32. The predicted molar refractivity (Wildman–Crippen MR) is 63.9 cm³/mol. The molecule has 3 nitrogen and oxygen atoms in total. The number of hydrogen-bond acceptors (Lipinski definition) is 2. The van der Waals surface area contributed by atoms with Crippen molar-refractivity contribution in [3.05, 3.63) is 29.6 Å². The van der Waals surface area contributed by atoms with Gasteiger partial charge in [-0.3, -0.25) is 0 Å². The van der Waals surface area contributed by atoms with Gasteiger partial charge >= 0.3 is 5.97 Å². The number of carboxylic acid groups (broad SMARTS) is 1. The summed E-state index contributed by atoms with van der Waals surface area (Å²) in [6, 6.07) is 4.34. The van der Waals surface area contributed by atoms with Gasteiger partial charge in [0.1, 0.15) is 11.4 Å². The van der Waals surface area contributed by atoms with Gasteiger partial charge in [-0.05, 0) is 37.8 Å². The Morgan fingerprint density at radius 3 is 2.71 bits per heavy atom. The molecule has 0 spiro atoms. The van der Waals surface area contributed by atoms with Crippen molar-refractivity contribution in [3.63, 3.8) is 0 Å². The van der Waals surface area contributed by atoms with E-state index in [4.69, 9.17) is 5.11 Å². The molecule has 0 bridgehead atoms. The third-order valence-electron chi connectivity index (χ3n) is 3.61. The second kappa shape index (κ2) is 4.35. The van der Waals surface area contributed by atoms with E-state index >= 15 is 0 Å². The lowest BCUT2D eigenvalue weighted by atomic mass is 9.74. The molecule has 0 aromatic heterocycles. The lowest BCUT2D eigenvalue weighted by Crippen LogP contribution is -2.44. The Morgan fingerprint density at radius 2 is 2.24 bits per heavy atom. The molecule has 1 aliphatic carbocycles. The van der Waals surface area contributed by atoms with E-state index in [9.17, 15) is 9.18 Å². The third-order valence-corrected chi connectivity index (χ3v) is 3.61. The van der Waals surface area contributed by atoms with Crippen LogP contribution in [0, 0.1) is 5.82 Å². The fraction of sp³-hybridized carbons (Fsp3) is 0.462. The van der Waals surface area contributed by atoms with Gasteiger partial charge < -0.3 is 10.4 Å². The van der Waals surface area contributed by atoms with Gasteiger partial charge in [-0.15, -0.1) is 0 Å². The number of nitrogens with one attached hydrogen (secondary N) is 1. The average molecular weight is 237 g/mol. The van der Waals surface area contributed by atoms with E-state index in [1.165, 1.54) is 12.1 Å². The van der Waals surface area contributed by atoms with Crippen LogP contribution in [0.25, 0.3) is 0 Å². The maximum absolute atomic E-state index is 13.5. The van der Waals surface area contributed by atoms with E-state index in [1.807, 2.05) is 0 Å². The molecule has 0 unspecified atom stereocenters. The van der Waals surface area contributed by atoms with Gasteiger partial charge in [0.15, 0.2) is 0 Å². The van der Waals surface area contributed by atoms with Crippen molar-refractivity contribution in [1.82, 2.24) is 0 Å². The minimum absolute atomic E-state index is 0.0437. The van der Waals surface area contributed by atoms with E-state index < -0.39 is 11.8 Å². The zero-order chi connectivity index (χ0) is 12.5. The smallest absolute Gasteiger partial charge is 0.340 e. The number of hydrogen-bond donors (Lipinski definition) is 2. The van der Waals surface area contributed by atoms with Crippen LogP contribution in [-0.4, -0.2) is 16.6 Å². The first-order chi connectivity index (χ1) is 8.08. The second-order valence-electron chi connectivity index (χ2n) is 4.58. The molecule has 1 aromatic carbocycles. The molecule has 0 radical (unpaired) electrons. The molecule has 1 fully saturated rings. The highest BCUT2D eigenvalue weighted by molar-refractivity contribution is 5.94. The molecule has 2 rings (SSSR count). The summed E-state index contributed by atoms with van der Waals surface area (Å²) in [7, 11) is 0. The van der Waals surface area contributed by atoms with Crippen molar-refractivity contribution in [3.8, 4) is 0 Å². The highest BCUT2D eigenvalue weighted by Gasteiger charge is 2.36. The number of rotatable bonds is 4. The zero-order valence-electron chi connectivity index (χ0n) is 9.79. The summed E-state index contributed by atoms with van der Waals surface area (Å²) in [5.41, 5.74) is 0.0872. The van der Waals surface area contributed by atoms with Crippen molar-refractivity contribution in [2.45, 2.75) is 38.1 Å². The monoisotopic (exact) mass is 237 g/mol. The number of halogens is 1. The van der Waals surface area contributed by atoms with Crippen LogP contribution in [0.4, 0.5) is 10.1 Å². The van der Waals surface area contributed by atoms with Crippen molar-refractivity contribution in [2.24, 2.45) is 0 Å². The van der Waals surface area contributed by atoms with Crippen LogP contribution in [0.1, 0.15) is 43.0 Å². The molecule has 0 aliphatic heterocycles. The first-order valence-corrected chi connectivity index (χ1v) is 5.88. The molecule has 0 saturated heterocycles. The van der Waals surface area contributed by atoms with E-state index in [1.54, 1.807) is 6.07 Å². The molecule has 0 atom stereocenters. The van der Waals surface area contributed by atoms with Crippen molar-refractivity contribution in [2.75, 3.05) is 5.32 Å². The number of aromatic carboxylic acids is 1. The number of benzene rings is 1. The predicted octanol–water partition coefficient (Wildman–Crippen LogP) is 3.27. The number of carbonyl (C=O) groups is 1. The Morgan fingerprint density at radius 1 is 1.53 bits per heavy atom. The van der Waals surface area contributed by atoms with Crippen LogP contribution in [-0.2, 0) is 0 Å².